The Morgan fingerprint density at radius 3 is 2.67 bits per heavy atom. The minimum absolute atomic E-state index is 0.0253. The van der Waals surface area contributed by atoms with Crippen molar-refractivity contribution in [1.82, 2.24) is 0 Å². The number of carbonyl (C=O) groups is 1. The average Bonchev–Trinajstić information content (AvgIpc) is 2.54. The first-order valence-electron chi connectivity index (χ1n) is 7.14. The molecule has 0 atom stereocenters. The van der Waals surface area contributed by atoms with Gasteiger partial charge >= 0.3 is 0 Å². The molecule has 1 amide bonds. The van der Waals surface area contributed by atoms with Crippen molar-refractivity contribution in [2.75, 3.05) is 11.9 Å². The first-order valence-corrected chi connectivity index (χ1v) is 8.31. The number of carbonyl (C=O) groups excluding carboxylic acids is 1. The van der Waals surface area contributed by atoms with Crippen LogP contribution in [0.1, 0.15) is 12.5 Å². The zero-order valence-electron chi connectivity index (χ0n) is 12.8. The monoisotopic (exact) mass is 404 g/mol. The van der Waals surface area contributed by atoms with Gasteiger partial charge in [-0.15, -0.1) is 0 Å². The molecule has 0 fully saturated rings. The maximum absolute atomic E-state index is 12.3. The van der Waals surface area contributed by atoms with Crippen LogP contribution < -0.4 is 10.1 Å². The molecular formula is C18H14BrClN2O2. The highest BCUT2D eigenvalue weighted by Crippen LogP contribution is 2.23. The third-order valence-electron chi connectivity index (χ3n) is 2.98. The Labute approximate surface area is 153 Å². The molecule has 122 valence electrons. The Balaban J connectivity index is 2.23. The van der Waals surface area contributed by atoms with Crippen LogP contribution in [0.25, 0.3) is 6.08 Å². The van der Waals surface area contributed by atoms with Crippen molar-refractivity contribution in [2.45, 2.75) is 6.92 Å². The molecule has 0 radical (unpaired) electrons. The van der Waals surface area contributed by atoms with Crippen molar-refractivity contribution < 1.29 is 9.53 Å². The van der Waals surface area contributed by atoms with Gasteiger partial charge in [0, 0.05) is 15.2 Å². The maximum Gasteiger partial charge on any atom is 0.266 e. The molecule has 0 aliphatic carbocycles. The molecule has 2 aromatic rings. The molecule has 0 aliphatic rings. The van der Waals surface area contributed by atoms with Crippen molar-refractivity contribution in [2.24, 2.45) is 0 Å². The first-order chi connectivity index (χ1) is 11.5. The molecule has 4 nitrogen and oxygen atoms in total. The predicted molar refractivity (Wildman–Crippen MR) is 99.0 cm³/mol. The summed E-state index contributed by atoms with van der Waals surface area (Å²) < 4.78 is 6.31. The van der Waals surface area contributed by atoms with E-state index in [0.717, 1.165) is 4.47 Å². The number of nitrogens with one attached hydrogen (secondary N) is 1. The quantitative estimate of drug-likeness (QED) is 0.559. The molecule has 0 bridgehead atoms. The largest absolute Gasteiger partial charge is 0.494 e. The Morgan fingerprint density at radius 2 is 2.04 bits per heavy atom. The van der Waals surface area contributed by atoms with Gasteiger partial charge in [-0.3, -0.25) is 4.79 Å². The van der Waals surface area contributed by atoms with E-state index in [9.17, 15) is 10.1 Å². The molecule has 0 saturated heterocycles. The van der Waals surface area contributed by atoms with Gasteiger partial charge in [0.15, 0.2) is 0 Å². The first kappa shape index (κ1) is 18.1. The van der Waals surface area contributed by atoms with Crippen LogP contribution >= 0.6 is 27.5 Å². The summed E-state index contributed by atoms with van der Waals surface area (Å²) in [7, 11) is 0. The molecule has 0 spiro atoms. The number of halogens is 2. The lowest BCUT2D eigenvalue weighted by Crippen LogP contribution is -2.13. The average molecular weight is 406 g/mol. The number of hydrogen-bond donors (Lipinski definition) is 1. The summed E-state index contributed by atoms with van der Waals surface area (Å²) in [5, 5.41) is 12.4. The Hall–Kier alpha value is -2.29. The van der Waals surface area contributed by atoms with Gasteiger partial charge in [-0.05, 0) is 61.0 Å². The van der Waals surface area contributed by atoms with Gasteiger partial charge in [-0.1, -0.05) is 27.5 Å². The number of anilines is 1. The fourth-order valence-corrected chi connectivity index (χ4v) is 2.46. The maximum atomic E-state index is 12.3. The highest BCUT2D eigenvalue weighted by Gasteiger charge is 2.10. The SMILES string of the molecule is CCOc1cc(Cl)cc(/C=C(\C#N)C(=O)Nc2ccc(Br)cc2)c1. The molecule has 24 heavy (non-hydrogen) atoms. The van der Waals surface area contributed by atoms with Gasteiger partial charge in [-0.25, -0.2) is 0 Å². The fourth-order valence-electron chi connectivity index (χ4n) is 1.96. The topological polar surface area (TPSA) is 62.1 Å². The molecule has 6 heteroatoms. The standard InChI is InChI=1S/C18H14BrClN2O2/c1-2-24-17-9-12(8-15(20)10-17)7-13(11-21)18(23)22-16-5-3-14(19)4-6-16/h3-10H,2H2,1H3,(H,22,23)/b13-7+. The number of benzene rings is 2. The summed E-state index contributed by atoms with van der Waals surface area (Å²) in [6.07, 6.45) is 1.47. The van der Waals surface area contributed by atoms with Crippen molar-refractivity contribution in [3.63, 3.8) is 0 Å². The van der Waals surface area contributed by atoms with E-state index in [-0.39, 0.29) is 5.57 Å². The van der Waals surface area contributed by atoms with E-state index in [1.165, 1.54) is 6.08 Å². The summed E-state index contributed by atoms with van der Waals surface area (Å²) in [5.41, 5.74) is 1.20. The number of ether oxygens (including phenoxy) is 1. The van der Waals surface area contributed by atoms with Crippen molar-refractivity contribution in [1.29, 1.82) is 5.26 Å². The molecule has 2 aromatic carbocycles. The molecule has 0 heterocycles. The van der Waals surface area contributed by atoms with Crippen molar-refractivity contribution in [3.8, 4) is 11.8 Å². The summed E-state index contributed by atoms with van der Waals surface area (Å²) in [4.78, 5) is 12.3. The van der Waals surface area contributed by atoms with Crippen LogP contribution in [0, 0.1) is 11.3 Å². The molecule has 1 N–H and O–H groups in total. The van der Waals surface area contributed by atoms with E-state index in [1.54, 1.807) is 42.5 Å². The van der Waals surface area contributed by atoms with E-state index >= 15 is 0 Å². The summed E-state index contributed by atoms with van der Waals surface area (Å²) in [6, 6.07) is 14.1. The zero-order chi connectivity index (χ0) is 17.5. The second-order valence-corrected chi connectivity index (χ2v) is 6.14. The minimum Gasteiger partial charge on any atom is -0.494 e. The van der Waals surface area contributed by atoms with Gasteiger partial charge in [-0.2, -0.15) is 5.26 Å². The Morgan fingerprint density at radius 1 is 1.33 bits per heavy atom. The van der Waals surface area contributed by atoms with Crippen LogP contribution in [-0.4, -0.2) is 12.5 Å². The third-order valence-corrected chi connectivity index (χ3v) is 3.73. The number of hydrogen-bond acceptors (Lipinski definition) is 3. The number of amides is 1. The van der Waals surface area contributed by atoms with E-state index < -0.39 is 5.91 Å². The van der Waals surface area contributed by atoms with Crippen LogP contribution in [0.5, 0.6) is 5.75 Å². The molecule has 0 aliphatic heterocycles. The molecule has 0 aromatic heterocycles. The Kier molecular flexibility index (Phi) is 6.42. The third kappa shape index (κ3) is 5.12. The lowest BCUT2D eigenvalue weighted by Gasteiger charge is -2.06. The van der Waals surface area contributed by atoms with Crippen molar-refractivity contribution in [3.05, 3.63) is 63.1 Å². The summed E-state index contributed by atoms with van der Waals surface area (Å²) in [5.74, 6) is 0.0969. The molecule has 0 saturated carbocycles. The van der Waals surface area contributed by atoms with Crippen LogP contribution in [0.15, 0.2) is 52.5 Å². The van der Waals surface area contributed by atoms with Gasteiger partial charge in [0.2, 0.25) is 0 Å². The van der Waals surface area contributed by atoms with Crippen LogP contribution in [0.3, 0.4) is 0 Å². The van der Waals surface area contributed by atoms with Gasteiger partial charge in [0.05, 0.1) is 6.61 Å². The lowest BCUT2D eigenvalue weighted by atomic mass is 10.1. The van der Waals surface area contributed by atoms with E-state index in [1.807, 2.05) is 13.0 Å². The van der Waals surface area contributed by atoms with Gasteiger partial charge in [0.1, 0.15) is 17.4 Å². The van der Waals surface area contributed by atoms with Crippen molar-refractivity contribution >= 4 is 45.2 Å². The van der Waals surface area contributed by atoms with Gasteiger partial charge < -0.3 is 10.1 Å². The number of nitriles is 1. The highest BCUT2D eigenvalue weighted by molar-refractivity contribution is 9.10. The van der Waals surface area contributed by atoms with Gasteiger partial charge in [0.25, 0.3) is 5.91 Å². The highest BCUT2D eigenvalue weighted by atomic mass is 79.9. The van der Waals surface area contributed by atoms with E-state index in [2.05, 4.69) is 21.2 Å². The number of nitrogens with zero attached hydrogens (tertiary/aromatic N) is 1. The molecule has 2 rings (SSSR count). The normalized spacial score (nSPS) is 10.8. The Bertz CT molecular complexity index is 811. The van der Waals surface area contributed by atoms with E-state index in [0.29, 0.717) is 28.6 Å². The fraction of sp³-hybridized carbons (Fsp3) is 0.111. The number of rotatable bonds is 5. The molecule has 0 unspecified atom stereocenters. The summed E-state index contributed by atoms with van der Waals surface area (Å²) >= 11 is 9.36. The van der Waals surface area contributed by atoms with Crippen LogP contribution in [-0.2, 0) is 4.79 Å². The summed E-state index contributed by atoms with van der Waals surface area (Å²) in [6.45, 7) is 2.36. The second kappa shape index (κ2) is 8.53. The lowest BCUT2D eigenvalue weighted by molar-refractivity contribution is -0.112. The zero-order valence-corrected chi connectivity index (χ0v) is 15.2. The second-order valence-electron chi connectivity index (χ2n) is 4.78. The minimum atomic E-state index is -0.488. The van der Waals surface area contributed by atoms with E-state index in [4.69, 9.17) is 16.3 Å². The smallest absolute Gasteiger partial charge is 0.266 e. The predicted octanol–water partition coefficient (Wildman–Crippen LogP) is 5.05. The van der Waals surface area contributed by atoms with Crippen LogP contribution in [0.4, 0.5) is 5.69 Å². The molecular weight excluding hydrogens is 392 g/mol. The van der Waals surface area contributed by atoms with Crippen LogP contribution in [0.2, 0.25) is 5.02 Å².